The molecular formula is C32H34N2O6. The first kappa shape index (κ1) is 28.5. The van der Waals surface area contributed by atoms with E-state index in [0.29, 0.717) is 37.8 Å². The van der Waals surface area contributed by atoms with Gasteiger partial charge >= 0.3 is 11.9 Å². The molecule has 208 valence electrons. The van der Waals surface area contributed by atoms with Crippen LogP contribution in [0, 0.1) is 0 Å². The van der Waals surface area contributed by atoms with Crippen molar-refractivity contribution in [3.63, 3.8) is 0 Å². The van der Waals surface area contributed by atoms with Gasteiger partial charge in [-0.1, -0.05) is 48.5 Å². The molecule has 0 aliphatic heterocycles. The van der Waals surface area contributed by atoms with E-state index in [1.807, 2.05) is 72.8 Å². The maximum atomic E-state index is 10.7. The number of aliphatic carboxylic acids is 2. The highest BCUT2D eigenvalue weighted by molar-refractivity contribution is 5.87. The molecule has 40 heavy (non-hydrogen) atoms. The second kappa shape index (κ2) is 14.6. The molecular weight excluding hydrogens is 508 g/mol. The van der Waals surface area contributed by atoms with Crippen molar-refractivity contribution in [1.82, 2.24) is 9.97 Å². The Morgan fingerprint density at radius 3 is 1.98 bits per heavy atom. The topological polar surface area (TPSA) is 119 Å². The molecule has 0 fully saturated rings. The number of carboxylic acid groups (broad SMARTS) is 2. The molecule has 0 saturated heterocycles. The lowest BCUT2D eigenvalue weighted by molar-refractivity contribution is -0.138. The molecule has 0 aliphatic rings. The van der Waals surface area contributed by atoms with E-state index in [1.165, 1.54) is 0 Å². The Balaban J connectivity index is 1.47. The second-order valence-corrected chi connectivity index (χ2v) is 9.61. The average molecular weight is 543 g/mol. The van der Waals surface area contributed by atoms with Gasteiger partial charge in [-0.05, 0) is 67.5 Å². The van der Waals surface area contributed by atoms with Gasteiger partial charge in [-0.3, -0.25) is 9.59 Å². The van der Waals surface area contributed by atoms with Crippen LogP contribution in [-0.4, -0.2) is 45.3 Å². The van der Waals surface area contributed by atoms with E-state index in [1.54, 1.807) is 0 Å². The summed E-state index contributed by atoms with van der Waals surface area (Å²) in [7, 11) is 0. The normalized spacial score (nSPS) is 10.9. The number of nitrogens with zero attached hydrogens (tertiary/aromatic N) is 2. The molecule has 1 heterocycles. The summed E-state index contributed by atoms with van der Waals surface area (Å²) in [5, 5.41) is 19.6. The summed E-state index contributed by atoms with van der Waals surface area (Å²) in [6, 6.07) is 23.7. The Kier molecular flexibility index (Phi) is 10.4. The minimum absolute atomic E-state index is 0.167. The van der Waals surface area contributed by atoms with Gasteiger partial charge in [-0.2, -0.15) is 4.98 Å². The van der Waals surface area contributed by atoms with Crippen molar-refractivity contribution in [1.29, 1.82) is 0 Å². The van der Waals surface area contributed by atoms with Crippen LogP contribution in [0.15, 0.2) is 72.8 Å². The van der Waals surface area contributed by atoms with E-state index in [4.69, 9.17) is 24.7 Å². The Hall–Kier alpha value is -4.46. The zero-order valence-corrected chi connectivity index (χ0v) is 22.4. The first-order chi connectivity index (χ1) is 19.5. The van der Waals surface area contributed by atoms with Gasteiger partial charge in [-0.25, -0.2) is 4.98 Å². The van der Waals surface area contributed by atoms with Gasteiger partial charge in [0, 0.05) is 30.0 Å². The van der Waals surface area contributed by atoms with Gasteiger partial charge in [0.15, 0.2) is 5.82 Å². The molecule has 0 unspecified atom stereocenters. The Morgan fingerprint density at radius 2 is 1.27 bits per heavy atom. The molecule has 0 aliphatic carbocycles. The van der Waals surface area contributed by atoms with Gasteiger partial charge in [0.05, 0.1) is 18.9 Å². The van der Waals surface area contributed by atoms with Gasteiger partial charge < -0.3 is 19.7 Å². The average Bonchev–Trinajstić information content (AvgIpc) is 2.96. The van der Waals surface area contributed by atoms with Crippen LogP contribution in [0.4, 0.5) is 0 Å². The highest BCUT2D eigenvalue weighted by Gasteiger charge is 2.11. The number of hydrogen-bond donors (Lipinski definition) is 2. The number of rotatable bonds is 16. The van der Waals surface area contributed by atoms with Crippen molar-refractivity contribution in [3.05, 3.63) is 72.8 Å². The summed E-state index contributed by atoms with van der Waals surface area (Å²) in [6.45, 7) is 0.996. The molecule has 0 amide bonds. The van der Waals surface area contributed by atoms with Crippen molar-refractivity contribution >= 4 is 22.7 Å². The van der Waals surface area contributed by atoms with Crippen LogP contribution in [0.3, 0.4) is 0 Å². The third-order valence-corrected chi connectivity index (χ3v) is 6.43. The lowest BCUT2D eigenvalue weighted by atomic mass is 10.1. The molecule has 3 aromatic carbocycles. The number of benzene rings is 3. The fraction of sp³-hybridized carbons (Fsp3) is 0.312. The Labute approximate surface area is 233 Å². The molecule has 1 aromatic heterocycles. The van der Waals surface area contributed by atoms with Crippen LogP contribution in [0.5, 0.6) is 11.6 Å². The molecule has 8 heteroatoms. The predicted octanol–water partition coefficient (Wildman–Crippen LogP) is 7.01. The molecule has 0 saturated carbocycles. The standard InChI is InChI=1S/C32H34N2O6/c35-30(36)12-6-2-8-18-39-27-17-16-24-20-26(15-14-25(24)21-27)32-33-28(23-10-4-1-5-11-23)22-29(34-32)40-19-9-3-7-13-31(37)38/h1,4-5,10-11,14-17,20-22H,2-3,6-9,12-13,18-19H2,(H,35,36)(H,37,38). The van der Waals surface area contributed by atoms with E-state index >= 15 is 0 Å². The fourth-order valence-electron chi connectivity index (χ4n) is 4.31. The number of fused-ring (bicyclic) bond motifs is 1. The summed E-state index contributed by atoms with van der Waals surface area (Å²) >= 11 is 0. The van der Waals surface area contributed by atoms with E-state index in [9.17, 15) is 9.59 Å². The molecule has 0 radical (unpaired) electrons. The number of unbranched alkanes of at least 4 members (excludes halogenated alkanes) is 4. The first-order valence-electron chi connectivity index (χ1n) is 13.7. The Bertz CT molecular complexity index is 1420. The van der Waals surface area contributed by atoms with Crippen LogP contribution >= 0.6 is 0 Å². The summed E-state index contributed by atoms with van der Waals surface area (Å²) in [5.74, 6) is 0.277. The lowest BCUT2D eigenvalue weighted by Gasteiger charge is -2.11. The third-order valence-electron chi connectivity index (χ3n) is 6.43. The number of hydrogen-bond acceptors (Lipinski definition) is 6. The molecule has 0 spiro atoms. The van der Waals surface area contributed by atoms with Crippen molar-refractivity contribution in [2.24, 2.45) is 0 Å². The van der Waals surface area contributed by atoms with E-state index < -0.39 is 11.9 Å². The van der Waals surface area contributed by atoms with Crippen LogP contribution < -0.4 is 9.47 Å². The molecule has 4 aromatic rings. The number of carboxylic acids is 2. The third kappa shape index (κ3) is 8.80. The smallest absolute Gasteiger partial charge is 0.303 e. The van der Waals surface area contributed by atoms with Crippen LogP contribution in [0.1, 0.15) is 51.4 Å². The molecule has 0 bridgehead atoms. The van der Waals surface area contributed by atoms with Gasteiger partial charge in [0.1, 0.15) is 5.75 Å². The van der Waals surface area contributed by atoms with Gasteiger partial charge in [0.2, 0.25) is 5.88 Å². The number of ether oxygens (including phenoxy) is 2. The summed E-state index contributed by atoms with van der Waals surface area (Å²) in [5.41, 5.74) is 2.59. The summed E-state index contributed by atoms with van der Waals surface area (Å²) in [4.78, 5) is 30.9. The maximum Gasteiger partial charge on any atom is 0.303 e. The molecule has 0 atom stereocenters. The van der Waals surface area contributed by atoms with E-state index in [2.05, 4.69) is 4.98 Å². The molecule has 2 N–H and O–H groups in total. The second-order valence-electron chi connectivity index (χ2n) is 9.61. The van der Waals surface area contributed by atoms with Crippen LogP contribution in [0.2, 0.25) is 0 Å². The highest BCUT2D eigenvalue weighted by Crippen LogP contribution is 2.29. The monoisotopic (exact) mass is 542 g/mol. The SMILES string of the molecule is O=C(O)CCCCCOc1ccc2cc(-c3nc(OCCCCCC(=O)O)cc(-c4ccccc4)n3)ccc2c1. The van der Waals surface area contributed by atoms with Gasteiger partial charge in [-0.15, -0.1) is 0 Å². The van der Waals surface area contributed by atoms with Crippen LogP contribution in [-0.2, 0) is 9.59 Å². The minimum atomic E-state index is -0.780. The van der Waals surface area contributed by atoms with E-state index in [0.717, 1.165) is 59.0 Å². The summed E-state index contributed by atoms with van der Waals surface area (Å²) < 4.78 is 11.8. The van der Waals surface area contributed by atoms with Gasteiger partial charge in [0.25, 0.3) is 0 Å². The number of carbonyl (C=O) groups is 2. The lowest BCUT2D eigenvalue weighted by Crippen LogP contribution is -2.03. The minimum Gasteiger partial charge on any atom is -0.494 e. The Morgan fingerprint density at radius 1 is 0.625 bits per heavy atom. The predicted molar refractivity (Wildman–Crippen MR) is 154 cm³/mol. The summed E-state index contributed by atoms with van der Waals surface area (Å²) in [6.07, 6.45) is 4.80. The van der Waals surface area contributed by atoms with Crippen LogP contribution in [0.25, 0.3) is 33.4 Å². The molecule has 8 nitrogen and oxygen atoms in total. The fourth-order valence-corrected chi connectivity index (χ4v) is 4.31. The zero-order valence-electron chi connectivity index (χ0n) is 22.4. The van der Waals surface area contributed by atoms with Crippen molar-refractivity contribution in [2.75, 3.05) is 13.2 Å². The first-order valence-corrected chi connectivity index (χ1v) is 13.7. The van der Waals surface area contributed by atoms with Crippen molar-refractivity contribution < 1.29 is 29.3 Å². The maximum absolute atomic E-state index is 10.7. The van der Waals surface area contributed by atoms with E-state index in [-0.39, 0.29) is 12.8 Å². The van der Waals surface area contributed by atoms with Crippen molar-refractivity contribution in [3.8, 4) is 34.3 Å². The highest BCUT2D eigenvalue weighted by atomic mass is 16.5. The number of aromatic nitrogens is 2. The molecule has 4 rings (SSSR count). The largest absolute Gasteiger partial charge is 0.494 e. The quantitative estimate of drug-likeness (QED) is 0.145. The zero-order chi connectivity index (χ0) is 28.2. The van der Waals surface area contributed by atoms with Crippen molar-refractivity contribution in [2.45, 2.75) is 51.4 Å².